The van der Waals surface area contributed by atoms with Gasteiger partial charge < -0.3 is 9.64 Å². The van der Waals surface area contributed by atoms with Gasteiger partial charge >= 0.3 is 0 Å². The Kier molecular flexibility index (Phi) is 5.87. The van der Waals surface area contributed by atoms with Crippen LogP contribution < -0.4 is 15.8 Å². The number of benzene rings is 1. The molecule has 0 bridgehead atoms. The van der Waals surface area contributed by atoms with Crippen molar-refractivity contribution >= 4 is 28.3 Å². The highest BCUT2D eigenvalue weighted by Crippen LogP contribution is 2.23. The zero-order valence-corrected chi connectivity index (χ0v) is 16.5. The predicted octanol–water partition coefficient (Wildman–Crippen LogP) is 1.86. The monoisotopic (exact) mass is 400 g/mol. The largest absolute Gasteiger partial charge is 0.378 e. The summed E-state index contributed by atoms with van der Waals surface area (Å²) >= 11 is 1.52. The highest BCUT2D eigenvalue weighted by Gasteiger charge is 2.17. The number of hydrazine groups is 1. The summed E-state index contributed by atoms with van der Waals surface area (Å²) in [5.41, 5.74) is 8.84. The SMILES string of the molecule is O=C(Cc1csc(N2CCOCC2)n1)NNC(=O)c1ccc2c(c1)CCCC2. The molecule has 0 atom stereocenters. The van der Waals surface area contributed by atoms with E-state index < -0.39 is 0 Å². The number of hydrogen-bond donors (Lipinski definition) is 2. The average Bonchev–Trinajstić information content (AvgIpc) is 3.20. The van der Waals surface area contributed by atoms with Crippen molar-refractivity contribution < 1.29 is 14.3 Å². The van der Waals surface area contributed by atoms with E-state index in [0.29, 0.717) is 24.5 Å². The molecule has 0 saturated carbocycles. The molecular weight excluding hydrogens is 376 g/mol. The number of hydrogen-bond acceptors (Lipinski definition) is 6. The highest BCUT2D eigenvalue weighted by atomic mass is 32.1. The summed E-state index contributed by atoms with van der Waals surface area (Å²) < 4.78 is 5.34. The summed E-state index contributed by atoms with van der Waals surface area (Å²) in [5, 5.41) is 2.79. The normalized spacial score (nSPS) is 16.4. The summed E-state index contributed by atoms with van der Waals surface area (Å²) in [5.74, 6) is -0.584. The minimum absolute atomic E-state index is 0.130. The number of fused-ring (bicyclic) bond motifs is 1. The lowest BCUT2D eigenvalue weighted by atomic mass is 9.90. The average molecular weight is 401 g/mol. The first-order valence-corrected chi connectivity index (χ1v) is 10.5. The Morgan fingerprint density at radius 3 is 2.71 bits per heavy atom. The van der Waals surface area contributed by atoms with E-state index in [9.17, 15) is 9.59 Å². The first kappa shape index (κ1) is 18.9. The lowest BCUT2D eigenvalue weighted by Crippen LogP contribution is -2.42. The number of carbonyl (C=O) groups excluding carboxylic acids is 2. The molecule has 0 spiro atoms. The molecule has 2 heterocycles. The maximum atomic E-state index is 12.3. The van der Waals surface area contributed by atoms with Crippen molar-refractivity contribution in [3.05, 3.63) is 46.0 Å². The quantitative estimate of drug-likeness (QED) is 0.766. The third-order valence-electron chi connectivity index (χ3n) is 5.09. The van der Waals surface area contributed by atoms with Crippen LogP contribution in [0.3, 0.4) is 0 Å². The molecule has 1 fully saturated rings. The van der Waals surface area contributed by atoms with E-state index in [4.69, 9.17) is 4.74 Å². The van der Waals surface area contributed by atoms with E-state index in [1.54, 1.807) is 0 Å². The summed E-state index contributed by atoms with van der Waals surface area (Å²) in [7, 11) is 0. The van der Waals surface area contributed by atoms with Crippen molar-refractivity contribution in [3.63, 3.8) is 0 Å². The minimum Gasteiger partial charge on any atom is -0.378 e. The number of ether oxygens (including phenoxy) is 1. The van der Waals surface area contributed by atoms with Gasteiger partial charge in [-0.1, -0.05) is 6.07 Å². The van der Waals surface area contributed by atoms with Crippen LogP contribution in [0.2, 0.25) is 0 Å². The van der Waals surface area contributed by atoms with Crippen molar-refractivity contribution in [1.82, 2.24) is 15.8 Å². The molecule has 4 rings (SSSR count). The molecule has 1 aliphatic carbocycles. The molecule has 2 aliphatic rings. The number of carbonyl (C=O) groups is 2. The molecule has 8 heteroatoms. The Morgan fingerprint density at radius 1 is 1.11 bits per heavy atom. The topological polar surface area (TPSA) is 83.6 Å². The summed E-state index contributed by atoms with van der Waals surface area (Å²) in [6, 6.07) is 5.78. The predicted molar refractivity (Wildman–Crippen MR) is 108 cm³/mol. The summed E-state index contributed by atoms with van der Waals surface area (Å²) in [6.07, 6.45) is 4.59. The number of rotatable bonds is 4. The molecule has 1 saturated heterocycles. The number of aryl methyl sites for hydroxylation is 2. The zero-order valence-electron chi connectivity index (χ0n) is 15.7. The van der Waals surface area contributed by atoms with E-state index in [-0.39, 0.29) is 18.2 Å². The molecule has 2 N–H and O–H groups in total. The first-order valence-electron chi connectivity index (χ1n) is 9.67. The van der Waals surface area contributed by atoms with E-state index >= 15 is 0 Å². The maximum absolute atomic E-state index is 12.3. The van der Waals surface area contributed by atoms with Gasteiger partial charge in [0, 0.05) is 24.0 Å². The number of thiazole rings is 1. The van der Waals surface area contributed by atoms with Gasteiger partial charge in [0.05, 0.1) is 25.3 Å². The van der Waals surface area contributed by atoms with Gasteiger partial charge in [-0.2, -0.15) is 0 Å². The van der Waals surface area contributed by atoms with Crippen LogP contribution in [0.15, 0.2) is 23.6 Å². The zero-order chi connectivity index (χ0) is 19.3. The van der Waals surface area contributed by atoms with E-state index in [1.807, 2.05) is 23.6 Å². The van der Waals surface area contributed by atoms with Crippen molar-refractivity contribution in [2.24, 2.45) is 0 Å². The van der Waals surface area contributed by atoms with Crippen LogP contribution in [0.25, 0.3) is 0 Å². The molecule has 0 radical (unpaired) electrons. The van der Waals surface area contributed by atoms with Crippen molar-refractivity contribution in [1.29, 1.82) is 0 Å². The Morgan fingerprint density at radius 2 is 1.89 bits per heavy atom. The highest BCUT2D eigenvalue weighted by molar-refractivity contribution is 7.13. The first-order chi connectivity index (χ1) is 13.7. The second kappa shape index (κ2) is 8.70. The summed E-state index contributed by atoms with van der Waals surface area (Å²) in [6.45, 7) is 3.03. The van der Waals surface area contributed by atoms with E-state index in [0.717, 1.165) is 37.5 Å². The lowest BCUT2D eigenvalue weighted by molar-refractivity contribution is -0.121. The fraction of sp³-hybridized carbons (Fsp3) is 0.450. The van der Waals surface area contributed by atoms with Crippen LogP contribution >= 0.6 is 11.3 Å². The number of aromatic nitrogens is 1. The Balaban J connectivity index is 1.28. The van der Waals surface area contributed by atoms with Crippen LogP contribution in [0.1, 0.15) is 40.0 Å². The van der Waals surface area contributed by atoms with Gasteiger partial charge in [-0.25, -0.2) is 4.98 Å². The molecule has 1 aromatic heterocycles. The molecule has 0 unspecified atom stereocenters. The molecule has 1 aromatic carbocycles. The van der Waals surface area contributed by atoms with Crippen LogP contribution in [-0.2, 0) is 28.8 Å². The molecule has 148 valence electrons. The van der Waals surface area contributed by atoms with Crippen molar-refractivity contribution in [2.75, 3.05) is 31.2 Å². The second-order valence-electron chi connectivity index (χ2n) is 7.09. The van der Waals surface area contributed by atoms with E-state index in [1.165, 1.54) is 28.9 Å². The van der Waals surface area contributed by atoms with Gasteiger partial charge in [0.1, 0.15) is 0 Å². The van der Waals surface area contributed by atoms with Crippen molar-refractivity contribution in [3.8, 4) is 0 Å². The maximum Gasteiger partial charge on any atom is 0.269 e. The minimum atomic E-state index is -0.297. The molecule has 2 amide bonds. The Bertz CT molecular complexity index is 861. The Labute approximate surface area is 168 Å². The van der Waals surface area contributed by atoms with Gasteiger partial charge in [0.15, 0.2) is 5.13 Å². The number of nitrogens with zero attached hydrogens (tertiary/aromatic N) is 2. The lowest BCUT2D eigenvalue weighted by Gasteiger charge is -2.26. The fourth-order valence-corrected chi connectivity index (χ4v) is 4.44. The van der Waals surface area contributed by atoms with Gasteiger partial charge in [0.25, 0.3) is 5.91 Å². The fourth-order valence-electron chi connectivity index (χ4n) is 3.56. The number of nitrogens with one attached hydrogen (secondary N) is 2. The van der Waals surface area contributed by atoms with Gasteiger partial charge in [-0.3, -0.25) is 20.4 Å². The Hall–Kier alpha value is -2.45. The van der Waals surface area contributed by atoms with Crippen molar-refractivity contribution in [2.45, 2.75) is 32.1 Å². The van der Waals surface area contributed by atoms with Gasteiger partial charge in [0.2, 0.25) is 5.91 Å². The molecule has 28 heavy (non-hydrogen) atoms. The number of amides is 2. The van der Waals surface area contributed by atoms with Gasteiger partial charge in [-0.05, 0) is 48.9 Å². The molecule has 2 aromatic rings. The van der Waals surface area contributed by atoms with E-state index in [2.05, 4.69) is 20.7 Å². The number of morpholine rings is 1. The van der Waals surface area contributed by atoms with Crippen LogP contribution in [0.5, 0.6) is 0 Å². The smallest absolute Gasteiger partial charge is 0.269 e. The summed E-state index contributed by atoms with van der Waals surface area (Å²) in [4.78, 5) is 31.2. The van der Waals surface area contributed by atoms with Crippen LogP contribution in [0, 0.1) is 0 Å². The van der Waals surface area contributed by atoms with Gasteiger partial charge in [-0.15, -0.1) is 11.3 Å². The third kappa shape index (κ3) is 4.51. The number of anilines is 1. The molecule has 1 aliphatic heterocycles. The second-order valence-corrected chi connectivity index (χ2v) is 7.93. The van der Waals surface area contributed by atoms with Crippen LogP contribution in [0.4, 0.5) is 5.13 Å². The molecular formula is C20H24N4O3S. The standard InChI is InChI=1S/C20H24N4O3S/c25-18(12-17-13-28-20(21-17)24-7-9-27-10-8-24)22-23-19(26)16-6-5-14-3-1-2-4-15(14)11-16/h5-6,11,13H,1-4,7-10,12H2,(H,22,25)(H,23,26). The molecule has 7 nitrogen and oxygen atoms in total. The van der Waals surface area contributed by atoms with Crippen LogP contribution in [-0.4, -0.2) is 43.1 Å². The third-order valence-corrected chi connectivity index (χ3v) is 6.04.